The highest BCUT2D eigenvalue weighted by atomic mass is 16.3. The SMILES string of the molecule is CCCCCCCCCCCCC/C=C/[C@@H](O)[C@@H]([NH3+])CO.[N-]=[N+]=[N-]. The van der Waals surface area contributed by atoms with E-state index in [-0.39, 0.29) is 12.6 Å². The Morgan fingerprint density at radius 3 is 1.75 bits per heavy atom. The number of nitrogens with zero attached hydrogens (tertiary/aromatic N) is 3. The van der Waals surface area contributed by atoms with Gasteiger partial charge in [0.1, 0.15) is 12.1 Å². The van der Waals surface area contributed by atoms with Crippen LogP contribution in [0.15, 0.2) is 12.2 Å². The summed E-state index contributed by atoms with van der Waals surface area (Å²) < 4.78 is 0. The Kier molecular flexibility index (Phi) is 23.0. The van der Waals surface area contributed by atoms with E-state index < -0.39 is 6.10 Å². The fourth-order valence-electron chi connectivity index (χ4n) is 2.43. The van der Waals surface area contributed by atoms with E-state index in [4.69, 9.17) is 16.2 Å². The molecule has 0 bridgehead atoms. The summed E-state index contributed by atoms with van der Waals surface area (Å²) in [5, 5.41) is 18.4. The van der Waals surface area contributed by atoms with E-state index in [1.807, 2.05) is 6.08 Å². The molecule has 0 fully saturated rings. The number of allylic oxidation sites excluding steroid dienone is 1. The van der Waals surface area contributed by atoms with Gasteiger partial charge in [-0.1, -0.05) is 83.3 Å². The normalized spacial score (nSPS) is 13.2. The molecule has 0 aromatic heterocycles. The van der Waals surface area contributed by atoms with Crippen LogP contribution < -0.4 is 5.73 Å². The molecule has 0 aliphatic rings. The van der Waals surface area contributed by atoms with Crippen LogP contribution in [0.4, 0.5) is 0 Å². The highest BCUT2D eigenvalue weighted by Gasteiger charge is 2.12. The van der Waals surface area contributed by atoms with Crippen molar-refractivity contribution >= 4 is 0 Å². The lowest BCUT2D eigenvalue weighted by Crippen LogP contribution is -2.67. The Hall–Kier alpha value is -1.07. The molecule has 0 saturated heterocycles. The van der Waals surface area contributed by atoms with Crippen molar-refractivity contribution in [2.24, 2.45) is 0 Å². The number of hydrogen-bond acceptors (Lipinski definition) is 2. The van der Waals surface area contributed by atoms with Crippen LogP contribution in [0.1, 0.15) is 84.0 Å². The molecule has 0 aromatic rings. The third-order valence-corrected chi connectivity index (χ3v) is 4.03. The average molecular weight is 343 g/mol. The van der Waals surface area contributed by atoms with Gasteiger partial charge in [-0.15, -0.1) is 0 Å². The summed E-state index contributed by atoms with van der Waals surface area (Å²) in [6.07, 6.45) is 19.2. The summed E-state index contributed by atoms with van der Waals surface area (Å²) in [6, 6.07) is -0.307. The van der Waals surface area contributed by atoms with Crippen molar-refractivity contribution in [3.05, 3.63) is 28.1 Å². The molecule has 0 aliphatic heterocycles. The molecular formula is C18H38N4O2. The molecule has 5 N–H and O–H groups in total. The number of hydrogen-bond donors (Lipinski definition) is 3. The largest absolute Gasteiger partial charge is 0.390 e. The molecule has 0 saturated carbocycles. The van der Waals surface area contributed by atoms with Crippen molar-refractivity contribution in [1.29, 1.82) is 0 Å². The van der Waals surface area contributed by atoms with Crippen molar-refractivity contribution < 1.29 is 15.9 Å². The molecule has 0 aromatic carbocycles. The zero-order valence-electron chi connectivity index (χ0n) is 15.4. The van der Waals surface area contributed by atoms with Gasteiger partial charge in [0, 0.05) is 0 Å². The van der Waals surface area contributed by atoms with Crippen molar-refractivity contribution in [1.82, 2.24) is 0 Å². The molecule has 0 rings (SSSR count). The fraction of sp³-hybridized carbons (Fsp3) is 0.889. The Balaban J connectivity index is 0. The molecule has 142 valence electrons. The monoisotopic (exact) mass is 342 g/mol. The van der Waals surface area contributed by atoms with Crippen LogP contribution in [-0.4, -0.2) is 29.0 Å². The number of rotatable bonds is 15. The Labute approximate surface area is 147 Å². The lowest BCUT2D eigenvalue weighted by molar-refractivity contribution is -0.438. The van der Waals surface area contributed by atoms with Gasteiger partial charge in [-0.3, -0.25) is 4.91 Å². The predicted molar refractivity (Wildman–Crippen MR) is 100 cm³/mol. The first-order valence-corrected chi connectivity index (χ1v) is 9.41. The van der Waals surface area contributed by atoms with Crippen LogP contribution in [0.5, 0.6) is 0 Å². The standard InChI is InChI=1S/C18H37NO2.N3/c1-2-3-4-5-6-7-8-9-10-11-12-13-14-15-18(21)17(19)16-20;1-3-2/h14-15,17-18,20-21H,2-13,16,19H2,1H3;/q;-1/p+1/b15-14+;/t17-,18+;/m0./s1. The van der Waals surface area contributed by atoms with Crippen molar-refractivity contribution in [3.63, 3.8) is 0 Å². The quantitative estimate of drug-likeness (QED) is 0.136. The van der Waals surface area contributed by atoms with Gasteiger partial charge in [-0.25, -0.2) is 0 Å². The zero-order chi connectivity index (χ0) is 18.5. The molecule has 6 nitrogen and oxygen atoms in total. The van der Waals surface area contributed by atoms with Gasteiger partial charge in [0.25, 0.3) is 0 Å². The first-order valence-electron chi connectivity index (χ1n) is 9.41. The molecule has 0 heterocycles. The maximum atomic E-state index is 9.59. The average Bonchev–Trinajstić information content (AvgIpc) is 2.58. The van der Waals surface area contributed by atoms with Crippen LogP contribution >= 0.6 is 0 Å². The third-order valence-electron chi connectivity index (χ3n) is 4.03. The van der Waals surface area contributed by atoms with E-state index in [1.165, 1.54) is 75.5 Å². The van der Waals surface area contributed by atoms with Gasteiger partial charge in [0.05, 0.1) is 6.61 Å². The second-order valence-electron chi connectivity index (χ2n) is 6.28. The zero-order valence-corrected chi connectivity index (χ0v) is 15.4. The second-order valence-corrected chi connectivity index (χ2v) is 6.28. The van der Waals surface area contributed by atoms with Gasteiger partial charge in [0.2, 0.25) is 0 Å². The lowest BCUT2D eigenvalue weighted by atomic mass is 10.0. The summed E-state index contributed by atoms with van der Waals surface area (Å²) in [4.78, 5) is 1.50. The number of aliphatic hydroxyl groups excluding tert-OH is 2. The van der Waals surface area contributed by atoms with Gasteiger partial charge < -0.3 is 27.0 Å². The van der Waals surface area contributed by atoms with Gasteiger partial charge in [-0.2, -0.15) is 0 Å². The van der Waals surface area contributed by atoms with Gasteiger partial charge >= 0.3 is 0 Å². The van der Waals surface area contributed by atoms with Crippen LogP contribution in [-0.2, 0) is 0 Å². The summed E-state index contributed by atoms with van der Waals surface area (Å²) in [5.41, 5.74) is 17.2. The Morgan fingerprint density at radius 2 is 1.33 bits per heavy atom. The summed E-state index contributed by atoms with van der Waals surface area (Å²) >= 11 is 0. The number of aliphatic hydroxyl groups is 2. The topological polar surface area (TPSA) is 127 Å². The molecule has 0 amide bonds. The minimum absolute atomic E-state index is 0.0655. The van der Waals surface area contributed by atoms with Crippen LogP contribution in [0.2, 0.25) is 0 Å². The first-order chi connectivity index (χ1) is 11.6. The molecule has 6 heteroatoms. The van der Waals surface area contributed by atoms with E-state index >= 15 is 0 Å². The first kappa shape index (κ1) is 25.2. The maximum absolute atomic E-state index is 9.59. The molecule has 0 spiro atoms. The van der Waals surface area contributed by atoms with Crippen LogP contribution in [0.25, 0.3) is 16.0 Å². The molecule has 0 radical (unpaired) electrons. The minimum Gasteiger partial charge on any atom is -0.390 e. The highest BCUT2D eigenvalue weighted by molar-refractivity contribution is 4.91. The Bertz CT molecular complexity index is 305. The highest BCUT2D eigenvalue weighted by Crippen LogP contribution is 2.12. The third kappa shape index (κ3) is 20.9. The summed E-state index contributed by atoms with van der Waals surface area (Å²) in [6.45, 7) is 2.20. The van der Waals surface area contributed by atoms with E-state index in [1.54, 1.807) is 6.08 Å². The minimum atomic E-state index is -0.609. The molecule has 24 heavy (non-hydrogen) atoms. The van der Waals surface area contributed by atoms with Crippen LogP contribution in [0.3, 0.4) is 0 Å². The van der Waals surface area contributed by atoms with E-state index in [0.717, 1.165) is 6.42 Å². The van der Waals surface area contributed by atoms with Crippen molar-refractivity contribution in [2.45, 2.75) is 96.1 Å². The molecule has 0 aliphatic carbocycles. The van der Waals surface area contributed by atoms with E-state index in [2.05, 4.69) is 12.7 Å². The van der Waals surface area contributed by atoms with E-state index in [9.17, 15) is 5.11 Å². The fourth-order valence-corrected chi connectivity index (χ4v) is 2.43. The maximum Gasteiger partial charge on any atom is 0.138 e. The van der Waals surface area contributed by atoms with Gasteiger partial charge in [0.15, 0.2) is 0 Å². The second kappa shape index (κ2) is 21.9. The molecule has 0 unspecified atom stereocenters. The van der Waals surface area contributed by atoms with Crippen LogP contribution in [0, 0.1) is 0 Å². The van der Waals surface area contributed by atoms with Crippen molar-refractivity contribution in [2.75, 3.05) is 6.61 Å². The van der Waals surface area contributed by atoms with Gasteiger partial charge in [-0.05, 0) is 12.8 Å². The lowest BCUT2D eigenvalue weighted by Gasteiger charge is -2.08. The predicted octanol–water partition coefficient (Wildman–Crippen LogP) is 4.07. The molecule has 2 atom stereocenters. The smallest absolute Gasteiger partial charge is 0.138 e. The number of quaternary nitrogens is 1. The van der Waals surface area contributed by atoms with Crippen molar-refractivity contribution in [3.8, 4) is 0 Å². The summed E-state index contributed by atoms with van der Waals surface area (Å²) in [7, 11) is 0. The number of unbranched alkanes of at least 4 members (excludes halogenated alkanes) is 11. The molecular weight excluding hydrogens is 304 g/mol. The Morgan fingerprint density at radius 1 is 0.917 bits per heavy atom. The van der Waals surface area contributed by atoms with E-state index in [0.29, 0.717) is 0 Å². The summed E-state index contributed by atoms with van der Waals surface area (Å²) in [5.74, 6) is 0.